The van der Waals surface area contributed by atoms with Gasteiger partial charge in [-0.15, -0.1) is 35.1 Å². The van der Waals surface area contributed by atoms with Crippen molar-refractivity contribution in [3.8, 4) is 0 Å². The van der Waals surface area contributed by atoms with E-state index in [1.807, 2.05) is 70.3 Å². The van der Waals surface area contributed by atoms with E-state index in [4.69, 9.17) is 10.5 Å². The van der Waals surface area contributed by atoms with Gasteiger partial charge in [-0.05, 0) is 47.7 Å². The number of hydrogen-bond acceptors (Lipinski definition) is 6. The summed E-state index contributed by atoms with van der Waals surface area (Å²) in [4.78, 5) is 28.9. The van der Waals surface area contributed by atoms with E-state index in [-0.39, 0.29) is 24.9 Å². The molecule has 0 saturated heterocycles. The number of carbonyl (C=O) groups is 2. The number of unbranched alkanes of at least 4 members (excludes halogenated alkanes) is 1. The first-order valence-electron chi connectivity index (χ1n) is 10.7. The summed E-state index contributed by atoms with van der Waals surface area (Å²) >= 11 is 3.28. The largest absolute Gasteiger partial charge is 0.445 e. The molecular formula is C24H30ClN3O3S2. The highest BCUT2D eigenvalue weighted by Crippen LogP contribution is 2.18. The lowest BCUT2D eigenvalue weighted by molar-refractivity contribution is -0.134. The maximum Gasteiger partial charge on any atom is 0.407 e. The number of carbonyl (C=O) groups excluding carboxylic acids is 2. The summed E-state index contributed by atoms with van der Waals surface area (Å²) in [6, 6.07) is 17.0. The predicted molar refractivity (Wildman–Crippen MR) is 137 cm³/mol. The van der Waals surface area contributed by atoms with Gasteiger partial charge in [0.15, 0.2) is 0 Å². The molecule has 2 heterocycles. The lowest BCUT2D eigenvalue weighted by atomic mass is 10.1. The summed E-state index contributed by atoms with van der Waals surface area (Å²) in [7, 11) is 0. The molecule has 6 nitrogen and oxygen atoms in total. The Balaban J connectivity index is 0.00000385. The molecule has 3 rings (SSSR count). The molecule has 178 valence electrons. The van der Waals surface area contributed by atoms with E-state index in [1.54, 1.807) is 22.7 Å². The SMILES string of the molecule is Cl.N[C@@H](CCCCNC(=O)OCc1ccccc1)C(=O)N(Cc1cccs1)Cc1cccs1. The molecule has 0 bridgehead atoms. The van der Waals surface area contributed by atoms with Crippen LogP contribution in [0.3, 0.4) is 0 Å². The Kier molecular flexibility index (Phi) is 12.0. The first kappa shape index (κ1) is 26.9. The maximum atomic E-state index is 13.0. The van der Waals surface area contributed by atoms with Crippen LogP contribution < -0.4 is 11.1 Å². The Morgan fingerprint density at radius 1 is 0.939 bits per heavy atom. The van der Waals surface area contributed by atoms with Crippen LogP contribution >= 0.6 is 35.1 Å². The number of benzene rings is 1. The summed E-state index contributed by atoms with van der Waals surface area (Å²) in [6.45, 7) is 1.87. The molecule has 2 aromatic heterocycles. The van der Waals surface area contributed by atoms with Gasteiger partial charge in [-0.3, -0.25) is 4.79 Å². The number of alkyl carbamates (subject to hydrolysis) is 1. The molecule has 3 N–H and O–H groups in total. The minimum atomic E-state index is -0.556. The molecule has 9 heteroatoms. The monoisotopic (exact) mass is 507 g/mol. The van der Waals surface area contributed by atoms with Gasteiger partial charge in [0.25, 0.3) is 0 Å². The lowest BCUT2D eigenvalue weighted by Gasteiger charge is -2.25. The Labute approximate surface area is 209 Å². The van der Waals surface area contributed by atoms with Gasteiger partial charge in [0, 0.05) is 16.3 Å². The molecule has 0 aliphatic heterocycles. The van der Waals surface area contributed by atoms with Gasteiger partial charge < -0.3 is 20.7 Å². The van der Waals surface area contributed by atoms with E-state index in [9.17, 15) is 9.59 Å². The van der Waals surface area contributed by atoms with Crippen molar-refractivity contribution in [1.29, 1.82) is 0 Å². The van der Waals surface area contributed by atoms with Crippen LogP contribution in [-0.4, -0.2) is 29.5 Å². The fourth-order valence-corrected chi connectivity index (χ4v) is 4.64. The zero-order chi connectivity index (χ0) is 22.6. The van der Waals surface area contributed by atoms with Crippen molar-refractivity contribution < 1.29 is 14.3 Å². The van der Waals surface area contributed by atoms with Crippen LogP contribution in [0, 0.1) is 0 Å². The maximum absolute atomic E-state index is 13.0. The Morgan fingerprint density at radius 3 is 2.15 bits per heavy atom. The number of nitrogens with two attached hydrogens (primary N) is 1. The fourth-order valence-electron chi connectivity index (χ4n) is 3.20. The van der Waals surface area contributed by atoms with Crippen molar-refractivity contribution in [3.63, 3.8) is 0 Å². The molecule has 2 amide bonds. The van der Waals surface area contributed by atoms with Crippen LogP contribution in [0.1, 0.15) is 34.6 Å². The first-order chi connectivity index (χ1) is 15.6. The molecule has 1 atom stereocenters. The predicted octanol–water partition coefficient (Wildman–Crippen LogP) is 5.18. The van der Waals surface area contributed by atoms with Crippen molar-refractivity contribution in [2.45, 2.75) is 45.0 Å². The zero-order valence-corrected chi connectivity index (χ0v) is 20.8. The number of nitrogens with one attached hydrogen (secondary N) is 1. The third kappa shape index (κ3) is 9.55. The van der Waals surface area contributed by atoms with E-state index < -0.39 is 12.1 Å². The summed E-state index contributed by atoms with van der Waals surface area (Å²) in [5.74, 6) is -0.0398. The van der Waals surface area contributed by atoms with E-state index in [0.29, 0.717) is 26.1 Å². The van der Waals surface area contributed by atoms with Crippen molar-refractivity contribution in [3.05, 3.63) is 80.7 Å². The van der Waals surface area contributed by atoms with Crippen molar-refractivity contribution >= 4 is 47.1 Å². The van der Waals surface area contributed by atoms with Crippen LogP contribution in [0.15, 0.2) is 65.4 Å². The fraction of sp³-hybridized carbons (Fsp3) is 0.333. The van der Waals surface area contributed by atoms with Crippen LogP contribution in [0.2, 0.25) is 0 Å². The molecule has 3 aromatic rings. The summed E-state index contributed by atoms with van der Waals surface area (Å²) in [5.41, 5.74) is 7.18. The smallest absolute Gasteiger partial charge is 0.407 e. The second-order valence-electron chi connectivity index (χ2n) is 7.44. The van der Waals surface area contributed by atoms with Gasteiger partial charge in [0.2, 0.25) is 5.91 Å². The van der Waals surface area contributed by atoms with Gasteiger partial charge in [0.05, 0.1) is 19.1 Å². The quantitative estimate of drug-likeness (QED) is 0.330. The highest BCUT2D eigenvalue weighted by molar-refractivity contribution is 7.10. The number of thiophene rings is 2. The molecule has 0 aliphatic rings. The van der Waals surface area contributed by atoms with Crippen LogP contribution in [0.4, 0.5) is 4.79 Å². The molecule has 0 radical (unpaired) electrons. The van der Waals surface area contributed by atoms with Crippen molar-refractivity contribution in [2.24, 2.45) is 5.73 Å². The highest BCUT2D eigenvalue weighted by Gasteiger charge is 2.22. The topological polar surface area (TPSA) is 84.7 Å². The number of ether oxygens (including phenoxy) is 1. The molecule has 0 saturated carbocycles. The van der Waals surface area contributed by atoms with Crippen LogP contribution in [-0.2, 0) is 29.2 Å². The van der Waals surface area contributed by atoms with Gasteiger partial charge >= 0.3 is 6.09 Å². The molecular weight excluding hydrogens is 478 g/mol. The molecule has 0 spiro atoms. The standard InChI is InChI=1S/C24H29N3O3S2.ClH/c25-22(12-4-5-13-26-24(29)30-18-19-8-2-1-3-9-19)23(28)27(16-20-10-6-14-31-20)17-21-11-7-15-32-21;/h1-3,6-11,14-15,22H,4-5,12-13,16-18,25H2,(H,26,29);1H/t22-;/m0./s1. The summed E-state index contributed by atoms with van der Waals surface area (Å²) in [6.07, 6.45) is 1.62. The molecule has 0 unspecified atom stereocenters. The van der Waals surface area contributed by atoms with Crippen LogP contribution in [0.5, 0.6) is 0 Å². The first-order valence-corrected chi connectivity index (χ1v) is 12.4. The highest BCUT2D eigenvalue weighted by atomic mass is 35.5. The lowest BCUT2D eigenvalue weighted by Crippen LogP contribution is -2.42. The van der Waals surface area contributed by atoms with Crippen molar-refractivity contribution in [2.75, 3.05) is 6.54 Å². The van der Waals surface area contributed by atoms with Gasteiger partial charge in [-0.1, -0.05) is 42.5 Å². The van der Waals surface area contributed by atoms with Crippen LogP contribution in [0.25, 0.3) is 0 Å². The number of halogens is 1. The Bertz CT molecular complexity index is 901. The molecule has 0 aliphatic carbocycles. The van der Waals surface area contributed by atoms with E-state index in [0.717, 1.165) is 28.2 Å². The van der Waals surface area contributed by atoms with E-state index in [1.165, 1.54) is 0 Å². The molecule has 1 aromatic carbocycles. The van der Waals surface area contributed by atoms with Gasteiger partial charge in [-0.2, -0.15) is 0 Å². The molecule has 0 fully saturated rings. The second kappa shape index (κ2) is 14.7. The molecule has 33 heavy (non-hydrogen) atoms. The van der Waals surface area contributed by atoms with E-state index in [2.05, 4.69) is 5.32 Å². The number of rotatable bonds is 12. The number of hydrogen-bond donors (Lipinski definition) is 2. The van der Waals surface area contributed by atoms with Gasteiger partial charge in [-0.25, -0.2) is 4.79 Å². The minimum Gasteiger partial charge on any atom is -0.445 e. The normalized spacial score (nSPS) is 11.3. The Hall–Kier alpha value is -2.39. The third-order valence-electron chi connectivity index (χ3n) is 4.91. The van der Waals surface area contributed by atoms with E-state index >= 15 is 0 Å². The van der Waals surface area contributed by atoms with Crippen molar-refractivity contribution in [1.82, 2.24) is 10.2 Å². The minimum absolute atomic E-state index is 0. The average Bonchev–Trinajstić information content (AvgIpc) is 3.51. The number of nitrogens with zero attached hydrogens (tertiary/aromatic N) is 1. The summed E-state index contributed by atoms with van der Waals surface area (Å²) < 4.78 is 5.19. The summed E-state index contributed by atoms with van der Waals surface area (Å²) in [5, 5.41) is 6.77. The number of amides is 2. The zero-order valence-electron chi connectivity index (χ0n) is 18.4. The second-order valence-corrected chi connectivity index (χ2v) is 9.51. The van der Waals surface area contributed by atoms with Gasteiger partial charge in [0.1, 0.15) is 6.61 Å². The third-order valence-corrected chi connectivity index (χ3v) is 6.63. The Morgan fingerprint density at radius 2 is 1.58 bits per heavy atom. The average molecular weight is 508 g/mol.